The highest BCUT2D eigenvalue weighted by atomic mass is 16.3. The van der Waals surface area contributed by atoms with Crippen molar-refractivity contribution in [2.45, 2.75) is 24.7 Å². The summed E-state index contributed by atoms with van der Waals surface area (Å²) in [6.07, 6.45) is -0.348. The molecular formula is C11H15N5O4. The fourth-order valence-electron chi connectivity index (χ4n) is 2.74. The highest BCUT2D eigenvalue weighted by Crippen LogP contribution is 2.36. The summed E-state index contributed by atoms with van der Waals surface area (Å²) in [5.41, 5.74) is 5.42. The van der Waals surface area contributed by atoms with Gasteiger partial charge >= 0.3 is 0 Å². The molecule has 9 heteroatoms. The summed E-state index contributed by atoms with van der Waals surface area (Å²) in [5.74, 6) is -0.470. The van der Waals surface area contributed by atoms with Crippen molar-refractivity contribution in [2.24, 2.45) is 5.92 Å². The number of nitrogens with one attached hydrogen (secondary N) is 1. The second-order valence-corrected chi connectivity index (χ2v) is 5.00. The Hall–Kier alpha value is -1.97. The number of H-pyrrole nitrogens is 1. The average Bonchev–Trinajstić information content (AvgIpc) is 2.93. The van der Waals surface area contributed by atoms with E-state index in [0.29, 0.717) is 6.42 Å². The number of rotatable bonds is 2. The normalized spacial score (nSPS) is 30.1. The van der Waals surface area contributed by atoms with Crippen LogP contribution < -0.4 is 11.3 Å². The van der Waals surface area contributed by atoms with Crippen LogP contribution in [0.5, 0.6) is 0 Å². The maximum absolute atomic E-state index is 11.7. The van der Waals surface area contributed by atoms with Crippen molar-refractivity contribution in [1.29, 1.82) is 0 Å². The van der Waals surface area contributed by atoms with E-state index in [9.17, 15) is 20.1 Å². The number of fused-ring (bicyclic) bond motifs is 1. The fourth-order valence-corrected chi connectivity index (χ4v) is 2.74. The van der Waals surface area contributed by atoms with E-state index in [1.54, 1.807) is 0 Å². The molecule has 2 heterocycles. The van der Waals surface area contributed by atoms with E-state index in [-0.39, 0.29) is 23.7 Å². The van der Waals surface area contributed by atoms with Gasteiger partial charge in [0.1, 0.15) is 6.10 Å². The first-order valence-corrected chi connectivity index (χ1v) is 6.22. The van der Waals surface area contributed by atoms with Crippen molar-refractivity contribution in [3.8, 4) is 0 Å². The highest BCUT2D eigenvalue weighted by molar-refractivity contribution is 5.70. The maximum Gasteiger partial charge on any atom is 0.280 e. The van der Waals surface area contributed by atoms with Crippen molar-refractivity contribution in [1.82, 2.24) is 19.5 Å². The SMILES string of the molecule is Nc1nc2c(ncn2[C@@H]2C[C@H](CO)[C@@H](O)[C@H]2O)c(=O)[nH]1. The van der Waals surface area contributed by atoms with E-state index in [0.717, 1.165) is 0 Å². The number of aliphatic hydroxyl groups excluding tert-OH is 3. The van der Waals surface area contributed by atoms with Crippen LogP contribution >= 0.6 is 0 Å². The van der Waals surface area contributed by atoms with Crippen LogP contribution in [0.25, 0.3) is 11.2 Å². The van der Waals surface area contributed by atoms with Crippen LogP contribution in [0.15, 0.2) is 11.1 Å². The number of hydrogen-bond donors (Lipinski definition) is 5. The van der Waals surface area contributed by atoms with Crippen molar-refractivity contribution < 1.29 is 15.3 Å². The minimum absolute atomic E-state index is 0.0454. The van der Waals surface area contributed by atoms with Gasteiger partial charge in [-0.3, -0.25) is 9.78 Å². The monoisotopic (exact) mass is 281 g/mol. The van der Waals surface area contributed by atoms with E-state index >= 15 is 0 Å². The minimum atomic E-state index is -1.06. The van der Waals surface area contributed by atoms with E-state index < -0.39 is 29.7 Å². The first kappa shape index (κ1) is 13.0. The average molecular weight is 281 g/mol. The number of anilines is 1. The molecule has 0 radical (unpaired) electrons. The molecule has 0 amide bonds. The van der Waals surface area contributed by atoms with Crippen LogP contribution in [0.2, 0.25) is 0 Å². The summed E-state index contributed by atoms with van der Waals surface area (Å²) in [7, 11) is 0. The Kier molecular flexibility index (Phi) is 2.96. The van der Waals surface area contributed by atoms with Gasteiger partial charge in [-0.05, 0) is 6.42 Å². The first-order valence-electron chi connectivity index (χ1n) is 6.22. The van der Waals surface area contributed by atoms with Gasteiger partial charge in [0.25, 0.3) is 5.56 Å². The van der Waals surface area contributed by atoms with Crippen LogP contribution in [0, 0.1) is 5.92 Å². The second-order valence-electron chi connectivity index (χ2n) is 5.00. The molecule has 1 fully saturated rings. The third-order valence-electron chi connectivity index (χ3n) is 3.81. The Labute approximate surface area is 112 Å². The van der Waals surface area contributed by atoms with E-state index in [1.807, 2.05) is 0 Å². The molecule has 2 aromatic rings. The zero-order chi connectivity index (χ0) is 14.4. The van der Waals surface area contributed by atoms with Crippen LogP contribution in [0.3, 0.4) is 0 Å². The molecule has 3 rings (SSSR count). The Morgan fingerprint density at radius 3 is 2.85 bits per heavy atom. The Bertz CT molecular complexity index is 696. The molecule has 1 saturated carbocycles. The minimum Gasteiger partial charge on any atom is -0.396 e. The molecule has 0 bridgehead atoms. The van der Waals surface area contributed by atoms with Gasteiger partial charge in [0.05, 0.1) is 18.5 Å². The molecule has 0 saturated heterocycles. The zero-order valence-corrected chi connectivity index (χ0v) is 10.5. The number of nitrogens with zero attached hydrogens (tertiary/aromatic N) is 3. The first-order chi connectivity index (χ1) is 9.52. The van der Waals surface area contributed by atoms with E-state index in [2.05, 4.69) is 15.0 Å². The predicted octanol–water partition coefficient (Wildman–Crippen LogP) is -2.02. The van der Waals surface area contributed by atoms with Crippen LogP contribution in [0.4, 0.5) is 5.95 Å². The molecule has 108 valence electrons. The molecule has 1 aliphatic carbocycles. The zero-order valence-electron chi connectivity index (χ0n) is 10.5. The lowest BCUT2D eigenvalue weighted by molar-refractivity contribution is -0.00370. The Balaban J connectivity index is 2.09. The van der Waals surface area contributed by atoms with Crippen molar-refractivity contribution in [2.75, 3.05) is 12.3 Å². The second kappa shape index (κ2) is 4.54. The molecule has 0 unspecified atom stereocenters. The summed E-state index contributed by atoms with van der Waals surface area (Å²) < 4.78 is 1.52. The maximum atomic E-state index is 11.7. The van der Waals surface area contributed by atoms with Crippen molar-refractivity contribution in [3.05, 3.63) is 16.7 Å². The van der Waals surface area contributed by atoms with Crippen molar-refractivity contribution in [3.63, 3.8) is 0 Å². The Morgan fingerprint density at radius 1 is 1.45 bits per heavy atom. The van der Waals surface area contributed by atoms with Gasteiger partial charge in [-0.25, -0.2) is 4.98 Å². The lowest BCUT2D eigenvalue weighted by Crippen LogP contribution is -2.30. The molecule has 0 aromatic carbocycles. The van der Waals surface area contributed by atoms with Crippen LogP contribution in [0.1, 0.15) is 12.5 Å². The topological polar surface area (TPSA) is 150 Å². The van der Waals surface area contributed by atoms with E-state index in [1.165, 1.54) is 10.9 Å². The Morgan fingerprint density at radius 2 is 2.20 bits per heavy atom. The molecule has 0 aliphatic heterocycles. The molecule has 9 nitrogen and oxygen atoms in total. The number of aromatic amines is 1. The van der Waals surface area contributed by atoms with Gasteiger partial charge in [-0.15, -0.1) is 0 Å². The van der Waals surface area contributed by atoms with E-state index in [4.69, 9.17) is 5.73 Å². The van der Waals surface area contributed by atoms with Crippen LogP contribution in [-0.2, 0) is 0 Å². The number of aromatic nitrogens is 4. The molecule has 20 heavy (non-hydrogen) atoms. The molecule has 0 spiro atoms. The number of nitrogen functional groups attached to an aromatic ring is 1. The van der Waals surface area contributed by atoms with Gasteiger partial charge in [0.15, 0.2) is 11.2 Å². The lowest BCUT2D eigenvalue weighted by Gasteiger charge is -2.18. The highest BCUT2D eigenvalue weighted by Gasteiger charge is 2.42. The number of hydrogen-bond acceptors (Lipinski definition) is 7. The summed E-state index contributed by atoms with van der Waals surface area (Å²) in [4.78, 5) is 22.0. The summed E-state index contributed by atoms with van der Waals surface area (Å²) in [6, 6.07) is -0.513. The number of aliphatic hydroxyl groups is 3. The third-order valence-corrected chi connectivity index (χ3v) is 3.81. The summed E-state index contributed by atoms with van der Waals surface area (Å²) in [6.45, 7) is -0.225. The molecule has 2 aromatic heterocycles. The van der Waals surface area contributed by atoms with Gasteiger partial charge in [0, 0.05) is 12.5 Å². The van der Waals surface area contributed by atoms with Crippen molar-refractivity contribution >= 4 is 17.1 Å². The van der Waals surface area contributed by atoms with Crippen LogP contribution in [-0.4, -0.2) is 53.7 Å². The van der Waals surface area contributed by atoms with Gasteiger partial charge in [-0.1, -0.05) is 0 Å². The summed E-state index contributed by atoms with van der Waals surface area (Å²) in [5, 5.41) is 29.1. The smallest absolute Gasteiger partial charge is 0.280 e. The molecular weight excluding hydrogens is 266 g/mol. The van der Waals surface area contributed by atoms with Gasteiger partial charge in [0.2, 0.25) is 5.95 Å². The number of imidazole rings is 1. The third kappa shape index (κ3) is 1.79. The standard InChI is InChI=1S/C11H15N5O4/c12-11-14-9-6(10(20)15-11)13-3-16(9)5-1-4(2-17)7(18)8(5)19/h3-5,7-8,17-19H,1-2H2,(H3,12,14,15,20)/t4-,5-,7-,8+/m1/s1. The number of nitrogens with two attached hydrogens (primary N) is 1. The summed E-state index contributed by atoms with van der Waals surface area (Å²) >= 11 is 0. The lowest BCUT2D eigenvalue weighted by atomic mass is 10.1. The molecule has 4 atom stereocenters. The van der Waals surface area contributed by atoms with Gasteiger partial charge < -0.3 is 25.6 Å². The predicted molar refractivity (Wildman–Crippen MR) is 68.8 cm³/mol. The molecule has 1 aliphatic rings. The quantitative estimate of drug-likeness (QED) is 0.426. The largest absolute Gasteiger partial charge is 0.396 e. The van der Waals surface area contributed by atoms with Gasteiger partial charge in [-0.2, -0.15) is 4.98 Å². The fraction of sp³-hybridized carbons (Fsp3) is 0.545. The molecule has 6 N–H and O–H groups in total.